The smallest absolute Gasteiger partial charge is 0.264 e. The van der Waals surface area contributed by atoms with E-state index < -0.39 is 15.8 Å². The third kappa shape index (κ3) is 3.19. The number of halogens is 1. The van der Waals surface area contributed by atoms with E-state index in [1.54, 1.807) is 18.2 Å². The molecule has 3 aromatic rings. The van der Waals surface area contributed by atoms with Crippen molar-refractivity contribution in [3.8, 4) is 0 Å². The molecule has 0 bridgehead atoms. The van der Waals surface area contributed by atoms with Gasteiger partial charge in [-0.15, -0.1) is 0 Å². The van der Waals surface area contributed by atoms with Crippen molar-refractivity contribution in [3.63, 3.8) is 0 Å². The fourth-order valence-corrected chi connectivity index (χ4v) is 5.08. The van der Waals surface area contributed by atoms with E-state index in [4.69, 9.17) is 0 Å². The number of nitrogens with zero attached hydrogens (tertiary/aromatic N) is 2. The molecule has 1 aliphatic rings. The summed E-state index contributed by atoms with van der Waals surface area (Å²) in [5.74, 6) is -0.773. The normalized spacial score (nSPS) is 15.0. The van der Waals surface area contributed by atoms with Crippen LogP contribution in [0.1, 0.15) is 12.8 Å². The molecular formula is C17H16FN3O2S2. The molecule has 25 heavy (non-hydrogen) atoms. The van der Waals surface area contributed by atoms with Crippen molar-refractivity contribution in [1.82, 2.24) is 4.98 Å². The zero-order chi connectivity index (χ0) is 17.4. The number of sulfonamides is 1. The zero-order valence-corrected chi connectivity index (χ0v) is 14.9. The molecule has 1 saturated heterocycles. The van der Waals surface area contributed by atoms with Crippen molar-refractivity contribution in [2.24, 2.45) is 0 Å². The van der Waals surface area contributed by atoms with Crippen LogP contribution in [0.2, 0.25) is 0 Å². The van der Waals surface area contributed by atoms with Crippen LogP contribution in [0.15, 0.2) is 47.4 Å². The van der Waals surface area contributed by atoms with Gasteiger partial charge >= 0.3 is 0 Å². The number of hydrogen-bond donors (Lipinski definition) is 1. The van der Waals surface area contributed by atoms with Crippen molar-refractivity contribution in [2.45, 2.75) is 17.7 Å². The van der Waals surface area contributed by atoms with Gasteiger partial charge in [0.2, 0.25) is 0 Å². The average molecular weight is 377 g/mol. The van der Waals surface area contributed by atoms with Crippen LogP contribution in [-0.4, -0.2) is 26.5 Å². The standard InChI is InChI=1S/C17H16FN3O2S2/c18-13-5-1-2-6-16(13)25(22,23)20-12-7-8-14-15(11-12)24-17(19-14)21-9-3-4-10-21/h1-2,5-8,11,20H,3-4,9-10H2. The summed E-state index contributed by atoms with van der Waals surface area (Å²) in [5, 5.41) is 0.960. The summed E-state index contributed by atoms with van der Waals surface area (Å²) in [4.78, 5) is 6.49. The number of fused-ring (bicyclic) bond motifs is 1. The predicted molar refractivity (Wildman–Crippen MR) is 98.3 cm³/mol. The van der Waals surface area contributed by atoms with Gasteiger partial charge in [0.25, 0.3) is 10.0 Å². The number of hydrogen-bond acceptors (Lipinski definition) is 5. The largest absolute Gasteiger partial charge is 0.348 e. The second-order valence-corrected chi connectivity index (χ2v) is 8.57. The van der Waals surface area contributed by atoms with Gasteiger partial charge in [-0.2, -0.15) is 0 Å². The lowest BCUT2D eigenvalue weighted by Crippen LogP contribution is -2.16. The molecule has 5 nitrogen and oxygen atoms in total. The quantitative estimate of drug-likeness (QED) is 0.750. The third-order valence-corrected chi connectivity index (χ3v) is 6.63. The summed E-state index contributed by atoms with van der Waals surface area (Å²) in [6, 6.07) is 10.5. The van der Waals surface area contributed by atoms with Crippen LogP contribution in [0.25, 0.3) is 10.2 Å². The third-order valence-electron chi connectivity index (χ3n) is 4.13. The van der Waals surface area contributed by atoms with Gasteiger partial charge in [-0.25, -0.2) is 17.8 Å². The lowest BCUT2D eigenvalue weighted by Gasteiger charge is -2.11. The van der Waals surface area contributed by atoms with Gasteiger partial charge in [-0.05, 0) is 43.2 Å². The average Bonchev–Trinajstić information content (AvgIpc) is 3.23. The molecule has 4 rings (SSSR count). The molecule has 2 heterocycles. The molecule has 1 N–H and O–H groups in total. The number of benzene rings is 2. The van der Waals surface area contributed by atoms with Crippen molar-refractivity contribution < 1.29 is 12.8 Å². The maximum atomic E-state index is 13.8. The van der Waals surface area contributed by atoms with Crippen molar-refractivity contribution in [1.29, 1.82) is 0 Å². The molecule has 8 heteroatoms. The summed E-state index contributed by atoms with van der Waals surface area (Å²) in [7, 11) is -3.97. The van der Waals surface area contributed by atoms with Crippen LogP contribution in [0.5, 0.6) is 0 Å². The Hall–Kier alpha value is -2.19. The van der Waals surface area contributed by atoms with Crippen LogP contribution in [0.4, 0.5) is 15.2 Å². The first-order valence-electron chi connectivity index (χ1n) is 7.96. The Morgan fingerprint density at radius 2 is 1.88 bits per heavy atom. The van der Waals surface area contributed by atoms with Crippen molar-refractivity contribution in [3.05, 3.63) is 48.3 Å². The van der Waals surface area contributed by atoms with E-state index in [2.05, 4.69) is 14.6 Å². The second-order valence-electron chi connectivity index (χ2n) is 5.91. The van der Waals surface area contributed by atoms with Crippen molar-refractivity contribution >= 4 is 42.4 Å². The first-order chi connectivity index (χ1) is 12.0. The summed E-state index contributed by atoms with van der Waals surface area (Å²) < 4.78 is 41.9. The summed E-state index contributed by atoms with van der Waals surface area (Å²) >= 11 is 1.54. The molecule has 2 aromatic carbocycles. The number of rotatable bonds is 4. The molecule has 1 aromatic heterocycles. The predicted octanol–water partition coefficient (Wildman–Crippen LogP) is 3.84. The van der Waals surface area contributed by atoms with E-state index in [0.717, 1.165) is 34.5 Å². The monoisotopic (exact) mass is 377 g/mol. The summed E-state index contributed by atoms with van der Waals surface area (Å²) in [6.45, 7) is 2.01. The molecule has 0 saturated carbocycles. The highest BCUT2D eigenvalue weighted by atomic mass is 32.2. The SMILES string of the molecule is O=S(=O)(Nc1ccc2nc(N3CCCC3)sc2c1)c1ccccc1F. The van der Waals surface area contributed by atoms with Gasteiger partial charge in [0.1, 0.15) is 10.7 Å². The van der Waals surface area contributed by atoms with E-state index in [1.807, 2.05) is 0 Å². The minimum atomic E-state index is -3.97. The molecule has 0 aliphatic carbocycles. The van der Waals surface area contributed by atoms with Crippen LogP contribution >= 0.6 is 11.3 Å². The lowest BCUT2D eigenvalue weighted by molar-refractivity contribution is 0.570. The van der Waals surface area contributed by atoms with E-state index in [0.29, 0.717) is 5.69 Å². The van der Waals surface area contributed by atoms with E-state index in [9.17, 15) is 12.8 Å². The maximum absolute atomic E-state index is 13.8. The fourth-order valence-electron chi connectivity index (χ4n) is 2.89. The van der Waals surface area contributed by atoms with Gasteiger partial charge in [0.05, 0.1) is 15.9 Å². The highest BCUT2D eigenvalue weighted by Gasteiger charge is 2.20. The van der Waals surface area contributed by atoms with Gasteiger partial charge in [0, 0.05) is 13.1 Å². The fraction of sp³-hybridized carbons (Fsp3) is 0.235. The van der Waals surface area contributed by atoms with Gasteiger partial charge in [0.15, 0.2) is 5.13 Å². The van der Waals surface area contributed by atoms with E-state index in [1.165, 1.54) is 42.4 Å². The Labute approximate surface area is 149 Å². The minimum Gasteiger partial charge on any atom is -0.348 e. The Morgan fingerprint density at radius 1 is 1.12 bits per heavy atom. The number of aromatic nitrogens is 1. The zero-order valence-electron chi connectivity index (χ0n) is 13.3. The lowest BCUT2D eigenvalue weighted by atomic mass is 10.3. The van der Waals surface area contributed by atoms with Crippen molar-refractivity contribution in [2.75, 3.05) is 22.7 Å². The van der Waals surface area contributed by atoms with Gasteiger partial charge < -0.3 is 4.90 Å². The first-order valence-corrected chi connectivity index (χ1v) is 10.3. The number of nitrogens with one attached hydrogen (secondary N) is 1. The Kier molecular flexibility index (Phi) is 4.09. The van der Waals surface area contributed by atoms with Gasteiger partial charge in [-0.3, -0.25) is 4.72 Å². The topological polar surface area (TPSA) is 62.3 Å². The number of thiazole rings is 1. The van der Waals surface area contributed by atoms with E-state index >= 15 is 0 Å². The molecule has 0 spiro atoms. The first kappa shape index (κ1) is 16.3. The molecule has 1 fully saturated rings. The Balaban J connectivity index is 1.64. The highest BCUT2D eigenvalue weighted by Crippen LogP contribution is 2.33. The Bertz CT molecular complexity index is 1030. The van der Waals surface area contributed by atoms with Gasteiger partial charge in [-0.1, -0.05) is 23.5 Å². The second kappa shape index (κ2) is 6.27. The van der Waals surface area contributed by atoms with Crippen LogP contribution in [0.3, 0.4) is 0 Å². The summed E-state index contributed by atoms with van der Waals surface area (Å²) in [6.07, 6.45) is 2.34. The molecule has 0 radical (unpaired) electrons. The maximum Gasteiger partial charge on any atom is 0.264 e. The number of anilines is 2. The molecule has 0 unspecified atom stereocenters. The molecular weight excluding hydrogens is 361 g/mol. The minimum absolute atomic E-state index is 0.364. The summed E-state index contributed by atoms with van der Waals surface area (Å²) in [5.41, 5.74) is 1.23. The highest BCUT2D eigenvalue weighted by molar-refractivity contribution is 7.92. The molecule has 0 amide bonds. The van der Waals surface area contributed by atoms with E-state index in [-0.39, 0.29) is 4.90 Å². The molecule has 130 valence electrons. The molecule has 0 atom stereocenters. The Morgan fingerprint density at radius 3 is 2.64 bits per heavy atom. The van der Waals surface area contributed by atoms with Crippen LogP contribution in [0, 0.1) is 5.82 Å². The molecule has 1 aliphatic heterocycles. The van der Waals surface area contributed by atoms with Crippen LogP contribution in [-0.2, 0) is 10.0 Å². The van der Waals surface area contributed by atoms with Crippen LogP contribution < -0.4 is 9.62 Å².